The highest BCUT2D eigenvalue weighted by molar-refractivity contribution is 7.99. The molecule has 2 aromatic heterocycles. The fourth-order valence-corrected chi connectivity index (χ4v) is 4.56. The van der Waals surface area contributed by atoms with Crippen LogP contribution in [0.15, 0.2) is 39.6 Å². The number of thiophene rings is 1. The summed E-state index contributed by atoms with van der Waals surface area (Å²) in [6.07, 6.45) is 0.803. The zero-order valence-electron chi connectivity index (χ0n) is 16.5. The van der Waals surface area contributed by atoms with Gasteiger partial charge < -0.3 is 11.1 Å². The third kappa shape index (κ3) is 5.21. The molecule has 1 aromatic carbocycles. The summed E-state index contributed by atoms with van der Waals surface area (Å²) in [7, 11) is 0. The van der Waals surface area contributed by atoms with Gasteiger partial charge in [0.2, 0.25) is 5.91 Å². The van der Waals surface area contributed by atoms with Gasteiger partial charge in [-0.3, -0.25) is 19.0 Å². The normalized spacial score (nSPS) is 11.2. The van der Waals surface area contributed by atoms with E-state index in [0.717, 1.165) is 18.2 Å². The van der Waals surface area contributed by atoms with Gasteiger partial charge in [0.25, 0.3) is 11.5 Å². The van der Waals surface area contributed by atoms with Crippen LogP contribution in [0.5, 0.6) is 0 Å². The number of nitrogens with zero attached hydrogens (tertiary/aromatic N) is 2. The third-order valence-corrected chi connectivity index (χ3v) is 6.37. The van der Waals surface area contributed by atoms with Crippen molar-refractivity contribution in [3.05, 3.63) is 50.6 Å². The van der Waals surface area contributed by atoms with Gasteiger partial charge in [0, 0.05) is 11.6 Å². The Morgan fingerprint density at radius 2 is 2.10 bits per heavy atom. The first kappa shape index (κ1) is 22.3. The number of anilines is 1. The number of carbonyl (C=O) groups excluding carboxylic acids is 2. The SMILES string of the molecule is CC(C)CCn1c(SCC(=O)Nc2sccc2C(N)=O)nc2cc(Cl)ccc2c1=O. The number of fused-ring (bicyclic) bond motifs is 1. The standard InChI is InChI=1S/C20H21ClN4O3S2/c1-11(2)5-7-25-19(28)13-4-3-12(21)9-15(13)23-20(25)30-10-16(26)24-18-14(17(22)27)6-8-29-18/h3-4,6,8-9,11H,5,7,10H2,1-2H3,(H2,22,27)(H,24,26). The van der Waals surface area contributed by atoms with Crippen molar-refractivity contribution in [2.45, 2.75) is 32.0 Å². The monoisotopic (exact) mass is 464 g/mol. The molecule has 30 heavy (non-hydrogen) atoms. The summed E-state index contributed by atoms with van der Waals surface area (Å²) in [6.45, 7) is 4.66. The zero-order chi connectivity index (χ0) is 21.8. The van der Waals surface area contributed by atoms with Gasteiger partial charge in [-0.2, -0.15) is 0 Å². The lowest BCUT2D eigenvalue weighted by Gasteiger charge is -2.14. The molecule has 0 saturated carbocycles. The number of rotatable bonds is 8. The summed E-state index contributed by atoms with van der Waals surface area (Å²) in [6, 6.07) is 6.54. The van der Waals surface area contributed by atoms with Crippen molar-refractivity contribution in [1.82, 2.24) is 9.55 Å². The second-order valence-corrected chi connectivity index (χ2v) is 9.35. The number of carbonyl (C=O) groups is 2. The van der Waals surface area contributed by atoms with E-state index in [9.17, 15) is 14.4 Å². The maximum Gasteiger partial charge on any atom is 0.262 e. The van der Waals surface area contributed by atoms with Gasteiger partial charge in [0.1, 0.15) is 5.00 Å². The lowest BCUT2D eigenvalue weighted by atomic mass is 10.1. The number of primary amides is 1. The highest BCUT2D eigenvalue weighted by Gasteiger charge is 2.16. The van der Waals surface area contributed by atoms with Crippen LogP contribution < -0.4 is 16.6 Å². The Morgan fingerprint density at radius 3 is 2.80 bits per heavy atom. The van der Waals surface area contributed by atoms with Crippen molar-refractivity contribution in [1.29, 1.82) is 0 Å². The predicted octanol–water partition coefficient (Wildman–Crippen LogP) is 3.99. The summed E-state index contributed by atoms with van der Waals surface area (Å²) in [5.74, 6) is -0.489. The summed E-state index contributed by atoms with van der Waals surface area (Å²) < 4.78 is 1.61. The smallest absolute Gasteiger partial charge is 0.262 e. The Hall–Kier alpha value is -2.36. The van der Waals surface area contributed by atoms with Crippen LogP contribution in [-0.2, 0) is 11.3 Å². The molecule has 158 valence electrons. The van der Waals surface area contributed by atoms with E-state index < -0.39 is 5.91 Å². The molecule has 0 aliphatic carbocycles. The zero-order valence-corrected chi connectivity index (χ0v) is 18.9. The molecular formula is C20H21ClN4O3S2. The third-order valence-electron chi connectivity index (χ3n) is 4.33. The molecule has 0 radical (unpaired) electrons. The maximum atomic E-state index is 13.0. The summed E-state index contributed by atoms with van der Waals surface area (Å²) in [5, 5.41) is 6.21. The van der Waals surface area contributed by atoms with Gasteiger partial charge in [-0.05, 0) is 42.0 Å². The molecule has 0 aliphatic rings. The van der Waals surface area contributed by atoms with Crippen LogP contribution in [0.25, 0.3) is 10.9 Å². The lowest BCUT2D eigenvalue weighted by molar-refractivity contribution is -0.113. The van der Waals surface area contributed by atoms with Crippen molar-refractivity contribution in [2.24, 2.45) is 11.7 Å². The Kier molecular flexibility index (Phi) is 7.17. The molecule has 3 rings (SSSR count). The largest absolute Gasteiger partial charge is 0.366 e. The summed E-state index contributed by atoms with van der Waals surface area (Å²) >= 11 is 8.44. The molecule has 2 heterocycles. The number of aromatic nitrogens is 2. The number of hydrogen-bond donors (Lipinski definition) is 2. The average molecular weight is 465 g/mol. The maximum absolute atomic E-state index is 13.0. The first-order chi connectivity index (χ1) is 14.3. The van der Waals surface area contributed by atoms with E-state index in [4.69, 9.17) is 17.3 Å². The van der Waals surface area contributed by atoms with E-state index in [1.807, 2.05) is 0 Å². The van der Waals surface area contributed by atoms with Crippen molar-refractivity contribution >= 4 is 62.4 Å². The fourth-order valence-electron chi connectivity index (χ4n) is 2.76. The van der Waals surface area contributed by atoms with Crippen molar-refractivity contribution < 1.29 is 9.59 Å². The topological polar surface area (TPSA) is 107 Å². The van der Waals surface area contributed by atoms with Gasteiger partial charge >= 0.3 is 0 Å². The van der Waals surface area contributed by atoms with Crippen LogP contribution in [-0.4, -0.2) is 27.1 Å². The average Bonchev–Trinajstić information content (AvgIpc) is 3.13. The Balaban J connectivity index is 1.85. The molecule has 7 nitrogen and oxygen atoms in total. The Labute approximate surface area is 186 Å². The number of hydrogen-bond acceptors (Lipinski definition) is 6. The lowest BCUT2D eigenvalue weighted by Crippen LogP contribution is -2.25. The molecule has 0 unspecified atom stereocenters. The quantitative estimate of drug-likeness (QED) is 0.387. The first-order valence-corrected chi connectivity index (χ1v) is 11.5. The second-order valence-electron chi connectivity index (χ2n) is 7.06. The highest BCUT2D eigenvalue weighted by atomic mass is 35.5. The highest BCUT2D eigenvalue weighted by Crippen LogP contribution is 2.24. The van der Waals surface area contributed by atoms with Gasteiger partial charge in [-0.25, -0.2) is 4.98 Å². The molecule has 2 amide bonds. The minimum atomic E-state index is -0.602. The number of nitrogens with two attached hydrogens (primary N) is 1. The van der Waals surface area contributed by atoms with E-state index in [2.05, 4.69) is 24.1 Å². The van der Waals surface area contributed by atoms with E-state index in [1.165, 1.54) is 11.3 Å². The van der Waals surface area contributed by atoms with E-state index in [-0.39, 0.29) is 22.8 Å². The van der Waals surface area contributed by atoms with E-state index >= 15 is 0 Å². The minimum Gasteiger partial charge on any atom is -0.366 e. The predicted molar refractivity (Wildman–Crippen MR) is 123 cm³/mol. The molecule has 0 aliphatic heterocycles. The molecule has 3 aromatic rings. The molecule has 0 fully saturated rings. The van der Waals surface area contributed by atoms with Crippen LogP contribution in [0.2, 0.25) is 5.02 Å². The number of halogens is 1. The van der Waals surface area contributed by atoms with Crippen LogP contribution in [0.3, 0.4) is 0 Å². The molecule has 0 atom stereocenters. The van der Waals surface area contributed by atoms with Crippen LogP contribution in [0.4, 0.5) is 5.00 Å². The van der Waals surface area contributed by atoms with Gasteiger partial charge in [-0.1, -0.05) is 37.2 Å². The van der Waals surface area contributed by atoms with Gasteiger partial charge in [0.05, 0.1) is 22.2 Å². The molecular weight excluding hydrogens is 444 g/mol. The van der Waals surface area contributed by atoms with Crippen molar-refractivity contribution in [3.8, 4) is 0 Å². The fraction of sp³-hybridized carbons (Fsp3) is 0.300. The Bertz CT molecular complexity index is 1160. The van der Waals surface area contributed by atoms with Crippen LogP contribution in [0, 0.1) is 5.92 Å². The number of nitrogens with one attached hydrogen (secondary N) is 1. The van der Waals surface area contributed by atoms with E-state index in [0.29, 0.717) is 38.5 Å². The first-order valence-electron chi connectivity index (χ1n) is 9.26. The molecule has 0 saturated heterocycles. The molecule has 3 N–H and O–H groups in total. The van der Waals surface area contributed by atoms with Crippen LogP contribution in [0.1, 0.15) is 30.6 Å². The van der Waals surface area contributed by atoms with E-state index in [1.54, 1.807) is 34.2 Å². The second kappa shape index (κ2) is 9.63. The molecule has 0 bridgehead atoms. The summed E-state index contributed by atoms with van der Waals surface area (Å²) in [4.78, 5) is 41.4. The van der Waals surface area contributed by atoms with Gasteiger partial charge in [-0.15, -0.1) is 11.3 Å². The summed E-state index contributed by atoms with van der Waals surface area (Å²) in [5.41, 5.74) is 5.91. The van der Waals surface area contributed by atoms with Crippen molar-refractivity contribution in [3.63, 3.8) is 0 Å². The van der Waals surface area contributed by atoms with Gasteiger partial charge in [0.15, 0.2) is 5.16 Å². The number of benzene rings is 1. The van der Waals surface area contributed by atoms with Crippen LogP contribution >= 0.6 is 34.7 Å². The number of amides is 2. The minimum absolute atomic E-state index is 0.0241. The molecule has 10 heteroatoms. The number of thioether (sulfide) groups is 1. The Morgan fingerprint density at radius 1 is 1.33 bits per heavy atom. The van der Waals surface area contributed by atoms with Crippen molar-refractivity contribution in [2.75, 3.05) is 11.1 Å². The molecule has 0 spiro atoms.